The maximum Gasteiger partial charge on any atom is 0.184 e. The second kappa shape index (κ2) is 6.45. The van der Waals surface area contributed by atoms with Crippen molar-refractivity contribution in [2.75, 3.05) is 7.11 Å². The molecule has 1 saturated carbocycles. The van der Waals surface area contributed by atoms with Gasteiger partial charge in [-0.05, 0) is 55.7 Å². The molecule has 142 valence electrons. The number of fused-ring (bicyclic) bond motifs is 3. The Morgan fingerprint density at radius 3 is 2.78 bits per heavy atom. The summed E-state index contributed by atoms with van der Waals surface area (Å²) in [7, 11) is 1.82. The zero-order chi connectivity index (χ0) is 19.2. The Kier molecular flexibility index (Phi) is 4.35. The molecule has 4 atom stereocenters. The van der Waals surface area contributed by atoms with Gasteiger partial charge in [0.25, 0.3) is 0 Å². The van der Waals surface area contributed by atoms with Gasteiger partial charge in [-0.3, -0.25) is 4.99 Å². The third kappa shape index (κ3) is 2.46. The van der Waals surface area contributed by atoms with Gasteiger partial charge in [0.1, 0.15) is 5.84 Å². The lowest BCUT2D eigenvalue weighted by atomic mass is 9.61. The van der Waals surface area contributed by atoms with Crippen LogP contribution in [0.4, 0.5) is 0 Å². The first-order chi connectivity index (χ1) is 13.0. The van der Waals surface area contributed by atoms with Gasteiger partial charge in [0.15, 0.2) is 5.66 Å². The van der Waals surface area contributed by atoms with Crippen molar-refractivity contribution in [3.05, 3.63) is 34.9 Å². The Bertz CT molecular complexity index is 868. The summed E-state index contributed by atoms with van der Waals surface area (Å²) in [6.45, 7) is 4.32. The molecular weight excluding hydrogens is 336 g/mol. The molecule has 0 saturated heterocycles. The predicted octanol–water partition coefficient (Wildman–Crippen LogP) is 3.70. The number of ether oxygens (including phenoxy) is 1. The number of hydrogen-bond acceptors (Lipinski definition) is 5. The predicted molar refractivity (Wildman–Crippen MR) is 107 cm³/mol. The molecule has 1 aromatic rings. The van der Waals surface area contributed by atoms with E-state index in [4.69, 9.17) is 20.5 Å². The molecular formula is C22H28N4O. The van der Waals surface area contributed by atoms with Crippen LogP contribution >= 0.6 is 0 Å². The fourth-order valence-electron chi connectivity index (χ4n) is 5.62. The molecule has 0 bridgehead atoms. The van der Waals surface area contributed by atoms with E-state index in [2.05, 4.69) is 26.0 Å². The average Bonchev–Trinajstić information content (AvgIpc) is 3.16. The number of nitriles is 1. The Labute approximate surface area is 161 Å². The van der Waals surface area contributed by atoms with E-state index in [9.17, 15) is 5.26 Å². The number of methoxy groups -OCH3 is 1. The topological polar surface area (TPSA) is 83.8 Å². The largest absolute Gasteiger partial charge is 0.382 e. The van der Waals surface area contributed by atoms with Crippen LogP contribution in [0.25, 0.3) is 0 Å². The Morgan fingerprint density at radius 1 is 1.33 bits per heavy atom. The first-order valence-corrected chi connectivity index (χ1v) is 10.0. The van der Waals surface area contributed by atoms with Crippen LogP contribution in [0.5, 0.6) is 0 Å². The standard InChI is InChI=1S/C22H28N4O/c1-4-15-11-21(9-8-19(15)27-3)12-16-7-6-14(13-23)10-17(16)22(21)25-18(5-2)20(24)26-22/h6-7,10,15,19H,4-5,8-9,11-12H2,1-3H3,(H2,24,26)/t15-,19-,21-,22+/m1/s1. The Balaban J connectivity index is 1.89. The van der Waals surface area contributed by atoms with Crippen molar-refractivity contribution in [2.24, 2.45) is 27.1 Å². The minimum Gasteiger partial charge on any atom is -0.382 e. The van der Waals surface area contributed by atoms with E-state index in [1.54, 1.807) is 0 Å². The number of rotatable bonds is 3. The molecule has 1 aromatic carbocycles. The highest BCUT2D eigenvalue weighted by atomic mass is 16.5. The van der Waals surface area contributed by atoms with Crippen LogP contribution in [-0.2, 0) is 16.8 Å². The molecule has 0 amide bonds. The van der Waals surface area contributed by atoms with Crippen LogP contribution in [0.2, 0.25) is 0 Å². The fraction of sp³-hybridized carbons (Fsp3) is 0.591. The molecule has 2 N–H and O–H groups in total. The van der Waals surface area contributed by atoms with E-state index in [1.165, 1.54) is 5.56 Å². The molecule has 2 spiro atoms. The summed E-state index contributed by atoms with van der Waals surface area (Å²) >= 11 is 0. The van der Waals surface area contributed by atoms with Crippen molar-refractivity contribution in [1.82, 2.24) is 0 Å². The van der Waals surface area contributed by atoms with Crippen LogP contribution in [0.15, 0.2) is 28.2 Å². The summed E-state index contributed by atoms with van der Waals surface area (Å²) in [5, 5.41) is 9.44. The normalized spacial score (nSPS) is 34.4. The Hall–Kier alpha value is -2.19. The molecule has 1 fully saturated rings. The van der Waals surface area contributed by atoms with Crippen molar-refractivity contribution in [2.45, 2.75) is 64.1 Å². The molecule has 5 nitrogen and oxygen atoms in total. The number of hydrogen-bond donors (Lipinski definition) is 1. The first kappa shape index (κ1) is 18.2. The quantitative estimate of drug-likeness (QED) is 0.887. The molecule has 2 aliphatic carbocycles. The Morgan fingerprint density at radius 2 is 2.15 bits per heavy atom. The molecule has 1 heterocycles. The van der Waals surface area contributed by atoms with E-state index in [0.717, 1.165) is 49.8 Å². The third-order valence-electron chi connectivity index (χ3n) is 7.01. The molecule has 0 unspecified atom stereocenters. The van der Waals surface area contributed by atoms with E-state index in [-0.39, 0.29) is 5.41 Å². The van der Waals surface area contributed by atoms with Crippen LogP contribution < -0.4 is 5.73 Å². The molecule has 5 heteroatoms. The summed E-state index contributed by atoms with van der Waals surface area (Å²) in [6, 6.07) is 8.28. The minimum absolute atomic E-state index is 0.0827. The average molecular weight is 364 g/mol. The number of aliphatic imine (C=N–C) groups is 2. The highest BCUT2D eigenvalue weighted by molar-refractivity contribution is 6.42. The minimum atomic E-state index is -0.670. The van der Waals surface area contributed by atoms with Crippen molar-refractivity contribution in [1.29, 1.82) is 5.26 Å². The number of nitrogens with zero attached hydrogens (tertiary/aromatic N) is 3. The monoisotopic (exact) mass is 364 g/mol. The first-order valence-electron chi connectivity index (χ1n) is 10.0. The van der Waals surface area contributed by atoms with Crippen molar-refractivity contribution in [3.63, 3.8) is 0 Å². The lowest BCUT2D eigenvalue weighted by Crippen LogP contribution is -2.47. The molecule has 27 heavy (non-hydrogen) atoms. The molecule has 3 aliphatic rings. The second-order valence-electron chi connectivity index (χ2n) is 8.21. The van der Waals surface area contributed by atoms with Gasteiger partial charge in [0.2, 0.25) is 0 Å². The fourth-order valence-corrected chi connectivity index (χ4v) is 5.62. The summed E-state index contributed by atoms with van der Waals surface area (Å²) in [5.74, 6) is 1.05. The van der Waals surface area contributed by atoms with E-state index in [1.807, 2.05) is 19.2 Å². The molecule has 1 aliphatic heterocycles. The van der Waals surface area contributed by atoms with Crippen LogP contribution in [0.3, 0.4) is 0 Å². The lowest BCUT2D eigenvalue weighted by molar-refractivity contribution is -0.0451. The van der Waals surface area contributed by atoms with Gasteiger partial charge in [-0.1, -0.05) is 26.3 Å². The third-order valence-corrected chi connectivity index (χ3v) is 7.01. The van der Waals surface area contributed by atoms with Crippen LogP contribution in [-0.4, -0.2) is 24.8 Å². The lowest BCUT2D eigenvalue weighted by Gasteiger charge is -2.47. The maximum absolute atomic E-state index is 9.44. The molecule has 4 rings (SSSR count). The number of benzene rings is 1. The number of amidine groups is 1. The number of nitrogens with two attached hydrogens (primary N) is 1. The van der Waals surface area contributed by atoms with Gasteiger partial charge in [-0.15, -0.1) is 0 Å². The van der Waals surface area contributed by atoms with Crippen molar-refractivity contribution < 1.29 is 4.74 Å². The molecule has 0 aromatic heterocycles. The zero-order valence-corrected chi connectivity index (χ0v) is 16.5. The van der Waals surface area contributed by atoms with Gasteiger partial charge >= 0.3 is 0 Å². The van der Waals surface area contributed by atoms with Crippen molar-refractivity contribution in [3.8, 4) is 6.07 Å². The van der Waals surface area contributed by atoms with Gasteiger partial charge in [0.05, 0.1) is 23.4 Å². The summed E-state index contributed by atoms with van der Waals surface area (Å²) in [5.41, 5.74) is 9.46. The SMILES string of the molecule is CCC1=N[C@]2(N=C1N)c1cc(C#N)ccc1C[C@]21CC[C@@H](OC)[C@H](CC)C1. The molecule has 0 radical (unpaired) electrons. The van der Waals surface area contributed by atoms with Gasteiger partial charge in [-0.2, -0.15) is 5.26 Å². The zero-order valence-electron chi connectivity index (χ0n) is 16.5. The smallest absolute Gasteiger partial charge is 0.184 e. The highest BCUT2D eigenvalue weighted by Gasteiger charge is 2.62. The summed E-state index contributed by atoms with van der Waals surface area (Å²) < 4.78 is 5.79. The van der Waals surface area contributed by atoms with Gasteiger partial charge in [0, 0.05) is 18.1 Å². The van der Waals surface area contributed by atoms with E-state index < -0.39 is 5.66 Å². The van der Waals surface area contributed by atoms with Crippen LogP contribution in [0.1, 0.15) is 62.6 Å². The van der Waals surface area contributed by atoms with Gasteiger partial charge < -0.3 is 10.5 Å². The highest BCUT2D eigenvalue weighted by Crippen LogP contribution is 2.63. The maximum atomic E-state index is 9.44. The van der Waals surface area contributed by atoms with Crippen molar-refractivity contribution >= 4 is 11.5 Å². The second-order valence-corrected chi connectivity index (χ2v) is 8.21. The summed E-state index contributed by atoms with van der Waals surface area (Å²) in [6.07, 6.45) is 6.15. The summed E-state index contributed by atoms with van der Waals surface area (Å²) in [4.78, 5) is 10.2. The van der Waals surface area contributed by atoms with E-state index >= 15 is 0 Å². The van der Waals surface area contributed by atoms with Crippen LogP contribution in [0, 0.1) is 22.7 Å². The van der Waals surface area contributed by atoms with E-state index in [0.29, 0.717) is 23.4 Å². The van der Waals surface area contributed by atoms with Gasteiger partial charge in [-0.25, -0.2) is 4.99 Å².